The maximum atomic E-state index is 6.23. The minimum Gasteiger partial charge on any atom is -0.496 e. The summed E-state index contributed by atoms with van der Waals surface area (Å²) in [5.74, 6) is 1.63. The molecule has 4 nitrogen and oxygen atoms in total. The molecule has 0 saturated heterocycles. The highest BCUT2D eigenvalue weighted by Gasteiger charge is 2.37. The summed E-state index contributed by atoms with van der Waals surface area (Å²) in [5, 5.41) is 4.34. The van der Waals surface area contributed by atoms with Crippen LogP contribution in [0.4, 0.5) is 11.4 Å². The van der Waals surface area contributed by atoms with E-state index in [1.807, 2.05) is 30.3 Å². The van der Waals surface area contributed by atoms with Gasteiger partial charge in [-0.1, -0.05) is 29.8 Å². The highest BCUT2D eigenvalue weighted by atomic mass is 35.5. The van der Waals surface area contributed by atoms with Crippen LogP contribution in [-0.4, -0.2) is 19.8 Å². The summed E-state index contributed by atoms with van der Waals surface area (Å²) in [7, 11) is 3.40. The average Bonchev–Trinajstić information content (AvgIpc) is 3.13. The van der Waals surface area contributed by atoms with Crippen molar-refractivity contribution in [3.63, 3.8) is 0 Å². The number of nitrogens with zero attached hydrogens (tertiary/aromatic N) is 1. The SMILES string of the molecule is COc1cc(Cl)ccc1-c1ccc2c3c1CN(c1ccccc1OC)C3=CC(C)(C)N2. The van der Waals surface area contributed by atoms with Crippen LogP contribution < -0.4 is 19.7 Å². The smallest absolute Gasteiger partial charge is 0.142 e. The van der Waals surface area contributed by atoms with E-state index >= 15 is 0 Å². The Morgan fingerprint density at radius 3 is 2.45 bits per heavy atom. The molecule has 0 aromatic heterocycles. The second-order valence-corrected chi connectivity index (χ2v) is 8.93. The molecule has 5 heteroatoms. The number of hydrogen-bond acceptors (Lipinski definition) is 4. The van der Waals surface area contributed by atoms with Crippen LogP contribution in [0.5, 0.6) is 11.5 Å². The van der Waals surface area contributed by atoms with E-state index in [1.54, 1.807) is 14.2 Å². The molecule has 0 fully saturated rings. The Morgan fingerprint density at radius 1 is 0.935 bits per heavy atom. The zero-order chi connectivity index (χ0) is 21.8. The molecule has 1 N–H and O–H groups in total. The molecule has 3 aromatic rings. The molecule has 0 unspecified atom stereocenters. The number of nitrogens with one attached hydrogen (secondary N) is 1. The highest BCUT2D eigenvalue weighted by molar-refractivity contribution is 6.30. The molecule has 2 aliphatic rings. The summed E-state index contributed by atoms with van der Waals surface area (Å²) in [6, 6.07) is 18.3. The zero-order valence-electron chi connectivity index (χ0n) is 18.1. The van der Waals surface area contributed by atoms with E-state index in [0.29, 0.717) is 5.02 Å². The summed E-state index contributed by atoms with van der Waals surface area (Å²) in [6.45, 7) is 5.13. The summed E-state index contributed by atoms with van der Waals surface area (Å²) in [5.41, 5.74) is 7.93. The second-order valence-electron chi connectivity index (χ2n) is 8.49. The lowest BCUT2D eigenvalue weighted by molar-refractivity contribution is 0.415. The van der Waals surface area contributed by atoms with Gasteiger partial charge in [0.05, 0.1) is 25.4 Å². The molecule has 0 atom stereocenters. The molecule has 158 valence electrons. The Hall–Kier alpha value is -3.11. The van der Waals surface area contributed by atoms with Gasteiger partial charge in [-0.15, -0.1) is 0 Å². The van der Waals surface area contributed by atoms with E-state index in [9.17, 15) is 0 Å². The van der Waals surface area contributed by atoms with Crippen LogP contribution in [0.25, 0.3) is 16.8 Å². The Morgan fingerprint density at radius 2 is 1.68 bits per heavy atom. The van der Waals surface area contributed by atoms with Gasteiger partial charge in [-0.3, -0.25) is 0 Å². The average molecular weight is 433 g/mol. The van der Waals surface area contributed by atoms with E-state index in [4.69, 9.17) is 21.1 Å². The van der Waals surface area contributed by atoms with Crippen molar-refractivity contribution in [3.8, 4) is 22.6 Å². The van der Waals surface area contributed by atoms with Gasteiger partial charge >= 0.3 is 0 Å². The van der Waals surface area contributed by atoms with Gasteiger partial charge in [-0.25, -0.2) is 0 Å². The molecular formula is C26H25ClN2O2. The van der Waals surface area contributed by atoms with Crippen molar-refractivity contribution in [2.45, 2.75) is 25.9 Å². The first kappa shape index (κ1) is 19.8. The summed E-state index contributed by atoms with van der Waals surface area (Å²) in [4.78, 5) is 2.35. The number of halogens is 1. The fourth-order valence-electron chi connectivity index (χ4n) is 4.67. The quantitative estimate of drug-likeness (QED) is 0.504. The molecule has 3 aromatic carbocycles. The van der Waals surface area contributed by atoms with Gasteiger partial charge in [0, 0.05) is 34.1 Å². The van der Waals surface area contributed by atoms with Crippen molar-refractivity contribution in [2.24, 2.45) is 0 Å². The largest absolute Gasteiger partial charge is 0.496 e. The number of benzene rings is 3. The van der Waals surface area contributed by atoms with Crippen LogP contribution in [0.15, 0.2) is 60.7 Å². The number of ether oxygens (including phenoxy) is 2. The fourth-order valence-corrected chi connectivity index (χ4v) is 4.83. The van der Waals surface area contributed by atoms with Gasteiger partial charge in [0.25, 0.3) is 0 Å². The maximum absolute atomic E-state index is 6.23. The number of para-hydroxylation sites is 2. The Balaban J connectivity index is 1.74. The van der Waals surface area contributed by atoms with Gasteiger partial charge in [0.2, 0.25) is 0 Å². The number of rotatable bonds is 4. The van der Waals surface area contributed by atoms with Crippen molar-refractivity contribution < 1.29 is 9.47 Å². The first-order valence-electron chi connectivity index (χ1n) is 10.3. The van der Waals surface area contributed by atoms with Gasteiger partial charge in [0.15, 0.2) is 0 Å². The second kappa shape index (κ2) is 7.24. The predicted octanol–water partition coefficient (Wildman–Crippen LogP) is 6.59. The standard InChI is InChI=1S/C26H25ClN2O2/c1-26(2)14-22-25-19(15-29(22)21-7-5-6-8-23(21)30-3)17(11-12-20(25)28-26)18-10-9-16(27)13-24(18)31-4/h5-14,28H,15H2,1-4H3. The Bertz CT molecular complexity index is 1220. The Labute approximate surface area is 188 Å². The summed E-state index contributed by atoms with van der Waals surface area (Å²) < 4.78 is 11.4. The third-order valence-corrected chi connectivity index (χ3v) is 6.20. The summed E-state index contributed by atoms with van der Waals surface area (Å²) >= 11 is 6.23. The van der Waals surface area contributed by atoms with Crippen molar-refractivity contribution in [2.75, 3.05) is 24.4 Å². The third kappa shape index (κ3) is 3.22. The topological polar surface area (TPSA) is 33.7 Å². The minimum absolute atomic E-state index is 0.163. The first-order valence-corrected chi connectivity index (χ1v) is 10.7. The lowest BCUT2D eigenvalue weighted by atomic mass is 9.89. The number of hydrogen-bond donors (Lipinski definition) is 1. The van der Waals surface area contributed by atoms with Crippen LogP contribution in [-0.2, 0) is 6.54 Å². The molecule has 2 aliphatic heterocycles. The van der Waals surface area contributed by atoms with Crippen molar-refractivity contribution in [1.82, 2.24) is 0 Å². The van der Waals surface area contributed by atoms with Crippen molar-refractivity contribution in [1.29, 1.82) is 0 Å². The van der Waals surface area contributed by atoms with E-state index < -0.39 is 0 Å². The van der Waals surface area contributed by atoms with Crippen LogP contribution in [0, 0.1) is 0 Å². The molecule has 0 aliphatic carbocycles. The Kier molecular flexibility index (Phi) is 4.63. The van der Waals surface area contributed by atoms with Crippen molar-refractivity contribution in [3.05, 3.63) is 76.8 Å². The number of anilines is 2. The van der Waals surface area contributed by atoms with Gasteiger partial charge in [0.1, 0.15) is 11.5 Å². The third-order valence-electron chi connectivity index (χ3n) is 5.96. The van der Waals surface area contributed by atoms with Crippen LogP contribution in [0.1, 0.15) is 25.0 Å². The van der Waals surface area contributed by atoms with Crippen LogP contribution >= 0.6 is 11.6 Å². The molecule has 0 radical (unpaired) electrons. The lowest BCUT2D eigenvalue weighted by Gasteiger charge is -2.33. The molecule has 5 rings (SSSR count). The van der Waals surface area contributed by atoms with Crippen molar-refractivity contribution >= 4 is 28.7 Å². The molecule has 0 bridgehead atoms. The molecule has 31 heavy (non-hydrogen) atoms. The summed E-state index contributed by atoms with van der Waals surface area (Å²) in [6.07, 6.45) is 2.31. The molecule has 0 spiro atoms. The fraction of sp³-hybridized carbons (Fsp3) is 0.231. The van der Waals surface area contributed by atoms with Gasteiger partial charge < -0.3 is 19.7 Å². The van der Waals surface area contributed by atoms with Crippen LogP contribution in [0.2, 0.25) is 5.02 Å². The predicted molar refractivity (Wildman–Crippen MR) is 128 cm³/mol. The lowest BCUT2D eigenvalue weighted by Crippen LogP contribution is -2.33. The van der Waals surface area contributed by atoms with E-state index in [-0.39, 0.29) is 5.54 Å². The van der Waals surface area contributed by atoms with E-state index in [0.717, 1.165) is 40.5 Å². The maximum Gasteiger partial charge on any atom is 0.142 e. The van der Waals surface area contributed by atoms with Crippen LogP contribution in [0.3, 0.4) is 0 Å². The minimum atomic E-state index is -0.163. The first-order chi connectivity index (χ1) is 14.9. The molecule has 2 heterocycles. The molecule has 0 saturated carbocycles. The molecule has 0 amide bonds. The highest BCUT2D eigenvalue weighted by Crippen LogP contribution is 2.50. The van der Waals surface area contributed by atoms with E-state index in [2.05, 4.69) is 54.4 Å². The van der Waals surface area contributed by atoms with E-state index in [1.165, 1.54) is 16.8 Å². The monoisotopic (exact) mass is 432 g/mol. The zero-order valence-corrected chi connectivity index (χ0v) is 18.9. The van der Waals surface area contributed by atoms with Gasteiger partial charge in [-0.05, 0) is 67.4 Å². The number of methoxy groups -OCH3 is 2. The van der Waals surface area contributed by atoms with Gasteiger partial charge in [-0.2, -0.15) is 0 Å². The molecular weight excluding hydrogens is 408 g/mol. The normalized spacial score (nSPS) is 15.8.